The Morgan fingerprint density at radius 1 is 1.50 bits per heavy atom. The van der Waals surface area contributed by atoms with Gasteiger partial charge in [-0.1, -0.05) is 18.9 Å². The fraction of sp³-hybridized carbons (Fsp3) is 0.571. The van der Waals surface area contributed by atoms with Crippen LogP contribution in [0, 0.1) is 11.3 Å². The molecule has 0 amide bonds. The average Bonchev–Trinajstić information content (AvgIpc) is 2.39. The summed E-state index contributed by atoms with van der Waals surface area (Å²) in [4.78, 5) is 6.20. The quantitative estimate of drug-likeness (QED) is 0.880. The van der Waals surface area contributed by atoms with Crippen molar-refractivity contribution in [3.63, 3.8) is 0 Å². The molecule has 0 spiro atoms. The summed E-state index contributed by atoms with van der Waals surface area (Å²) in [7, 11) is 2.01. The normalized spacial score (nSPS) is 23.9. The molecule has 0 aliphatic heterocycles. The van der Waals surface area contributed by atoms with Gasteiger partial charge in [-0.25, -0.2) is 4.98 Å². The monoisotopic (exact) mass is 245 g/mol. The molecule has 2 rings (SSSR count). The zero-order chi connectivity index (χ0) is 13.0. The molecule has 2 unspecified atom stereocenters. The van der Waals surface area contributed by atoms with Crippen LogP contribution in [-0.4, -0.2) is 34.2 Å². The van der Waals surface area contributed by atoms with Crippen molar-refractivity contribution in [2.45, 2.75) is 44.4 Å². The molecule has 18 heavy (non-hydrogen) atoms. The number of pyridine rings is 1. The maximum absolute atomic E-state index is 10.0. The van der Waals surface area contributed by atoms with E-state index in [0.717, 1.165) is 24.8 Å². The Morgan fingerprint density at radius 2 is 2.28 bits per heavy atom. The maximum Gasteiger partial charge on any atom is 0.144 e. The van der Waals surface area contributed by atoms with Gasteiger partial charge in [-0.05, 0) is 26.0 Å². The zero-order valence-electron chi connectivity index (χ0n) is 10.7. The van der Waals surface area contributed by atoms with E-state index in [1.165, 1.54) is 6.42 Å². The van der Waals surface area contributed by atoms with Crippen LogP contribution in [0.2, 0.25) is 0 Å². The Hall–Kier alpha value is -1.44. The molecule has 1 fully saturated rings. The molecular formula is C14H19N3O. The molecule has 1 heterocycles. The van der Waals surface area contributed by atoms with E-state index in [9.17, 15) is 5.11 Å². The summed E-state index contributed by atoms with van der Waals surface area (Å²) >= 11 is 0. The minimum atomic E-state index is -0.244. The maximum atomic E-state index is 10.0. The van der Waals surface area contributed by atoms with Crippen LogP contribution in [0.25, 0.3) is 0 Å². The van der Waals surface area contributed by atoms with Gasteiger partial charge in [0, 0.05) is 24.3 Å². The molecule has 0 bridgehead atoms. The topological polar surface area (TPSA) is 60.2 Å². The highest BCUT2D eigenvalue weighted by Gasteiger charge is 2.26. The number of likely N-dealkylation sites (N-methyl/N-ethyl adjacent to an activating group) is 1. The lowest BCUT2D eigenvalue weighted by Crippen LogP contribution is -2.43. The van der Waals surface area contributed by atoms with Crippen molar-refractivity contribution in [1.29, 1.82) is 5.26 Å². The van der Waals surface area contributed by atoms with Crippen molar-refractivity contribution < 1.29 is 5.11 Å². The van der Waals surface area contributed by atoms with E-state index in [1.807, 2.05) is 19.2 Å². The molecule has 4 heteroatoms. The Morgan fingerprint density at radius 3 is 3.00 bits per heavy atom. The lowest BCUT2D eigenvalue weighted by Gasteiger charge is -2.35. The smallest absolute Gasteiger partial charge is 0.144 e. The van der Waals surface area contributed by atoms with Crippen molar-refractivity contribution in [1.82, 2.24) is 9.88 Å². The molecule has 0 aromatic carbocycles. The second-order valence-electron chi connectivity index (χ2n) is 4.96. The zero-order valence-corrected chi connectivity index (χ0v) is 10.7. The van der Waals surface area contributed by atoms with Crippen LogP contribution >= 0.6 is 0 Å². The number of hydrogen-bond donors (Lipinski definition) is 1. The van der Waals surface area contributed by atoms with Gasteiger partial charge in [0.2, 0.25) is 0 Å². The van der Waals surface area contributed by atoms with Gasteiger partial charge in [-0.15, -0.1) is 0 Å². The molecule has 1 saturated carbocycles. The van der Waals surface area contributed by atoms with Crippen molar-refractivity contribution in [3.8, 4) is 6.07 Å². The molecule has 2 atom stereocenters. The molecule has 0 saturated heterocycles. The van der Waals surface area contributed by atoms with Gasteiger partial charge in [0.25, 0.3) is 0 Å². The number of rotatable bonds is 3. The summed E-state index contributed by atoms with van der Waals surface area (Å²) in [5.74, 6) is 0. The lowest BCUT2D eigenvalue weighted by atomic mass is 9.91. The van der Waals surface area contributed by atoms with E-state index in [-0.39, 0.29) is 12.1 Å². The number of aromatic nitrogens is 1. The van der Waals surface area contributed by atoms with Crippen molar-refractivity contribution in [2.24, 2.45) is 0 Å². The second-order valence-corrected chi connectivity index (χ2v) is 4.96. The van der Waals surface area contributed by atoms with Gasteiger partial charge < -0.3 is 5.11 Å². The highest BCUT2D eigenvalue weighted by Crippen LogP contribution is 2.23. The first-order valence-corrected chi connectivity index (χ1v) is 6.44. The molecule has 96 valence electrons. The lowest BCUT2D eigenvalue weighted by molar-refractivity contribution is 0.0287. The van der Waals surface area contributed by atoms with Gasteiger partial charge in [-0.2, -0.15) is 5.26 Å². The number of nitriles is 1. The molecule has 1 aliphatic rings. The Kier molecular flexibility index (Phi) is 4.29. The summed E-state index contributed by atoms with van der Waals surface area (Å²) in [6, 6.07) is 6.09. The fourth-order valence-electron chi connectivity index (χ4n) is 2.66. The predicted octanol–water partition coefficient (Wildman–Crippen LogP) is 1.69. The van der Waals surface area contributed by atoms with E-state index in [4.69, 9.17) is 5.26 Å². The summed E-state index contributed by atoms with van der Waals surface area (Å²) in [6.07, 6.45) is 5.59. The van der Waals surface area contributed by atoms with Gasteiger partial charge >= 0.3 is 0 Å². The van der Waals surface area contributed by atoms with Gasteiger partial charge in [0.1, 0.15) is 11.8 Å². The van der Waals surface area contributed by atoms with Crippen LogP contribution in [0.3, 0.4) is 0 Å². The third-order valence-corrected chi connectivity index (χ3v) is 3.68. The van der Waals surface area contributed by atoms with Crippen LogP contribution in [0.1, 0.15) is 36.9 Å². The fourth-order valence-corrected chi connectivity index (χ4v) is 2.66. The van der Waals surface area contributed by atoms with E-state index in [2.05, 4.69) is 16.0 Å². The molecule has 1 aromatic rings. The minimum Gasteiger partial charge on any atom is -0.391 e. The van der Waals surface area contributed by atoms with E-state index < -0.39 is 0 Å². The van der Waals surface area contributed by atoms with Crippen LogP contribution in [0.15, 0.2) is 18.3 Å². The van der Waals surface area contributed by atoms with Crippen molar-refractivity contribution in [3.05, 3.63) is 29.6 Å². The largest absolute Gasteiger partial charge is 0.391 e. The molecule has 1 N–H and O–H groups in total. The highest BCUT2D eigenvalue weighted by molar-refractivity contribution is 5.30. The molecule has 1 aliphatic carbocycles. The third-order valence-electron chi connectivity index (χ3n) is 3.68. The summed E-state index contributed by atoms with van der Waals surface area (Å²) in [5, 5.41) is 19.0. The third kappa shape index (κ3) is 2.87. The van der Waals surface area contributed by atoms with Gasteiger partial charge in [0.15, 0.2) is 0 Å². The van der Waals surface area contributed by atoms with Gasteiger partial charge in [0.05, 0.1) is 6.10 Å². The molecular weight excluding hydrogens is 226 g/mol. The Labute approximate surface area is 108 Å². The molecule has 0 radical (unpaired) electrons. The summed E-state index contributed by atoms with van der Waals surface area (Å²) in [5.41, 5.74) is 1.41. The Bertz CT molecular complexity index is 441. The average molecular weight is 245 g/mol. The number of aliphatic hydroxyl groups is 1. The summed E-state index contributed by atoms with van der Waals surface area (Å²) < 4.78 is 0. The van der Waals surface area contributed by atoms with Crippen molar-refractivity contribution in [2.75, 3.05) is 7.05 Å². The van der Waals surface area contributed by atoms with Crippen LogP contribution in [0.4, 0.5) is 0 Å². The molecule has 4 nitrogen and oxygen atoms in total. The Balaban J connectivity index is 2.06. The van der Waals surface area contributed by atoms with Crippen LogP contribution in [-0.2, 0) is 6.54 Å². The first kappa shape index (κ1) is 13.0. The van der Waals surface area contributed by atoms with E-state index in [1.54, 1.807) is 6.20 Å². The number of hydrogen-bond acceptors (Lipinski definition) is 4. The van der Waals surface area contributed by atoms with E-state index in [0.29, 0.717) is 12.2 Å². The second kappa shape index (κ2) is 5.94. The summed E-state index contributed by atoms with van der Waals surface area (Å²) in [6.45, 7) is 0.665. The van der Waals surface area contributed by atoms with Crippen LogP contribution in [0.5, 0.6) is 0 Å². The highest BCUT2D eigenvalue weighted by atomic mass is 16.3. The number of aliphatic hydroxyl groups excluding tert-OH is 1. The molecule has 1 aromatic heterocycles. The van der Waals surface area contributed by atoms with Gasteiger partial charge in [-0.3, -0.25) is 4.90 Å². The minimum absolute atomic E-state index is 0.200. The predicted molar refractivity (Wildman–Crippen MR) is 68.7 cm³/mol. The SMILES string of the molecule is CN(Cc1cccnc1C#N)C1CCCCC1O. The first-order chi connectivity index (χ1) is 8.72. The van der Waals surface area contributed by atoms with Crippen LogP contribution < -0.4 is 0 Å². The standard InChI is InChI=1S/C14H19N3O/c1-17(13-6-2-3-7-14(13)18)10-11-5-4-8-16-12(11)9-15/h4-5,8,13-14,18H,2-3,6-7,10H2,1H3. The number of nitrogens with zero attached hydrogens (tertiary/aromatic N) is 3. The van der Waals surface area contributed by atoms with Crippen molar-refractivity contribution >= 4 is 0 Å². The first-order valence-electron chi connectivity index (χ1n) is 6.44. The van der Waals surface area contributed by atoms with E-state index >= 15 is 0 Å².